The number of halogens is 2. The Bertz CT molecular complexity index is 1820. The van der Waals surface area contributed by atoms with Crippen LogP contribution in [-0.2, 0) is 11.2 Å². The average molecular weight is 571 g/mol. The van der Waals surface area contributed by atoms with Gasteiger partial charge in [-0.15, -0.1) is 0 Å². The first kappa shape index (κ1) is 27.3. The summed E-state index contributed by atoms with van der Waals surface area (Å²) >= 11 is 0. The van der Waals surface area contributed by atoms with Crippen LogP contribution in [0, 0.1) is 11.6 Å². The van der Waals surface area contributed by atoms with E-state index in [4.69, 9.17) is 9.47 Å². The maximum Gasteiger partial charge on any atom is 0.265 e. The number of carbonyl (C=O) groups excluding carboxylic acids is 1. The summed E-state index contributed by atoms with van der Waals surface area (Å²) < 4.78 is 41.9. The highest BCUT2D eigenvalue weighted by Crippen LogP contribution is 2.38. The predicted octanol–water partition coefficient (Wildman–Crippen LogP) is 5.82. The molecule has 214 valence electrons. The number of fused-ring (bicyclic) bond motifs is 1. The lowest BCUT2D eigenvalue weighted by atomic mass is 10.0. The van der Waals surface area contributed by atoms with E-state index < -0.39 is 23.0 Å². The second kappa shape index (κ2) is 11.2. The van der Waals surface area contributed by atoms with Crippen LogP contribution in [0.25, 0.3) is 16.6 Å². The van der Waals surface area contributed by atoms with E-state index >= 15 is 4.39 Å². The second-order valence-electron chi connectivity index (χ2n) is 10.5. The van der Waals surface area contributed by atoms with Gasteiger partial charge in [0.1, 0.15) is 5.82 Å². The first-order valence-electron chi connectivity index (χ1n) is 13.6. The number of aromatic nitrogens is 3. The summed E-state index contributed by atoms with van der Waals surface area (Å²) in [5.74, 6) is -1.06. The van der Waals surface area contributed by atoms with E-state index in [-0.39, 0.29) is 29.9 Å². The van der Waals surface area contributed by atoms with Crippen LogP contribution in [-0.4, -0.2) is 45.8 Å². The van der Waals surface area contributed by atoms with Gasteiger partial charge in [-0.25, -0.2) is 8.78 Å². The molecule has 0 amide bonds. The molecule has 0 aliphatic carbocycles. The molecule has 0 radical (unpaired) electrons. The summed E-state index contributed by atoms with van der Waals surface area (Å²) in [5, 5.41) is 7.90. The molecule has 1 N–H and O–H groups in total. The van der Waals surface area contributed by atoms with Gasteiger partial charge in [0.05, 0.1) is 35.2 Å². The number of hydrogen-bond donors (Lipinski definition) is 1. The maximum absolute atomic E-state index is 15.4. The van der Waals surface area contributed by atoms with Gasteiger partial charge in [0.15, 0.2) is 23.1 Å². The summed E-state index contributed by atoms with van der Waals surface area (Å²) in [6.45, 7) is 5.30. The highest BCUT2D eigenvalue weighted by atomic mass is 19.1. The van der Waals surface area contributed by atoms with Crippen molar-refractivity contribution in [1.29, 1.82) is 0 Å². The van der Waals surface area contributed by atoms with Crippen molar-refractivity contribution >= 4 is 22.4 Å². The normalized spacial score (nSPS) is 17.0. The molecule has 0 saturated carbocycles. The van der Waals surface area contributed by atoms with Crippen LogP contribution in [0.4, 0.5) is 14.5 Å². The van der Waals surface area contributed by atoms with Crippen LogP contribution in [0.2, 0.25) is 0 Å². The van der Waals surface area contributed by atoms with E-state index in [1.807, 2.05) is 26.0 Å². The van der Waals surface area contributed by atoms with Crippen LogP contribution in [0.3, 0.4) is 0 Å². The van der Waals surface area contributed by atoms with E-state index in [1.165, 1.54) is 53.2 Å². The third-order valence-electron chi connectivity index (χ3n) is 7.21. The number of hydrogen-bond acceptors (Lipinski definition) is 6. The molecule has 6 rings (SSSR count). The largest absolute Gasteiger partial charge is 0.452 e. The van der Waals surface area contributed by atoms with Crippen molar-refractivity contribution in [2.75, 3.05) is 18.0 Å². The number of Topliss-reactive ketones (excluding diaryl/α,β-unsaturated/α-hetero) is 1. The number of ketones is 1. The van der Waals surface area contributed by atoms with E-state index in [0.29, 0.717) is 30.1 Å². The van der Waals surface area contributed by atoms with Crippen LogP contribution in [0.1, 0.15) is 29.8 Å². The fourth-order valence-electron chi connectivity index (χ4n) is 5.31. The minimum absolute atomic E-state index is 0.00280. The summed E-state index contributed by atoms with van der Waals surface area (Å²) in [7, 11) is 0. The number of nitrogens with zero attached hydrogens (tertiary/aromatic N) is 3. The Morgan fingerprint density at radius 3 is 2.52 bits per heavy atom. The first-order chi connectivity index (χ1) is 20.2. The van der Waals surface area contributed by atoms with Gasteiger partial charge in [-0.1, -0.05) is 6.07 Å². The van der Waals surface area contributed by atoms with E-state index in [0.717, 1.165) is 16.6 Å². The average Bonchev–Trinajstić information content (AvgIpc) is 3.42. The summed E-state index contributed by atoms with van der Waals surface area (Å²) in [4.78, 5) is 28.3. The van der Waals surface area contributed by atoms with Crippen molar-refractivity contribution in [3.63, 3.8) is 0 Å². The SMILES string of the molecule is C[C@@H]1CN(c2cc3[nH]ncc3cc2Oc2ccc(CC(=O)c3cccn(-c4ccc(F)cc4)c3=O)cc2F)C[C@H](C)O1. The van der Waals surface area contributed by atoms with Gasteiger partial charge >= 0.3 is 0 Å². The number of morpholine rings is 1. The molecule has 42 heavy (non-hydrogen) atoms. The van der Waals surface area contributed by atoms with Gasteiger partial charge in [-0.3, -0.25) is 19.3 Å². The van der Waals surface area contributed by atoms with Gasteiger partial charge in [0, 0.05) is 36.8 Å². The van der Waals surface area contributed by atoms with Crippen LogP contribution in [0.15, 0.2) is 83.9 Å². The van der Waals surface area contributed by atoms with E-state index in [9.17, 15) is 14.0 Å². The Kier molecular flexibility index (Phi) is 7.30. The third kappa shape index (κ3) is 5.53. The number of carbonyl (C=O) groups is 1. The Morgan fingerprint density at radius 2 is 1.79 bits per heavy atom. The zero-order valence-electron chi connectivity index (χ0n) is 23.0. The summed E-state index contributed by atoms with van der Waals surface area (Å²) in [5.41, 5.74) is 1.85. The Labute approximate surface area is 240 Å². The van der Waals surface area contributed by atoms with Gasteiger partial charge in [0.2, 0.25) is 0 Å². The van der Waals surface area contributed by atoms with Crippen LogP contribution in [0.5, 0.6) is 11.5 Å². The molecule has 0 unspecified atom stereocenters. The molecule has 1 fully saturated rings. The minimum Gasteiger partial charge on any atom is -0.452 e. The fourth-order valence-corrected chi connectivity index (χ4v) is 5.31. The minimum atomic E-state index is -0.640. The molecular formula is C32H28F2N4O4. The van der Waals surface area contributed by atoms with E-state index in [1.54, 1.807) is 18.3 Å². The number of nitrogens with one attached hydrogen (secondary N) is 1. The molecule has 8 nitrogen and oxygen atoms in total. The van der Waals surface area contributed by atoms with Crippen molar-refractivity contribution in [3.8, 4) is 17.2 Å². The number of aromatic amines is 1. The lowest BCUT2D eigenvalue weighted by molar-refractivity contribution is -0.00530. The summed E-state index contributed by atoms with van der Waals surface area (Å²) in [6.07, 6.45) is 3.02. The van der Waals surface area contributed by atoms with Crippen molar-refractivity contribution in [3.05, 3.63) is 112 Å². The first-order valence-corrected chi connectivity index (χ1v) is 13.6. The zero-order chi connectivity index (χ0) is 29.4. The molecule has 3 heterocycles. The number of benzene rings is 3. The lowest BCUT2D eigenvalue weighted by Crippen LogP contribution is -2.45. The molecule has 1 aliphatic heterocycles. The monoisotopic (exact) mass is 570 g/mol. The van der Waals surface area contributed by atoms with Crippen LogP contribution < -0.4 is 15.2 Å². The van der Waals surface area contributed by atoms with Crippen molar-refractivity contribution in [2.24, 2.45) is 0 Å². The second-order valence-corrected chi connectivity index (χ2v) is 10.5. The highest BCUT2D eigenvalue weighted by molar-refractivity contribution is 5.97. The lowest BCUT2D eigenvalue weighted by Gasteiger charge is -2.37. The quantitative estimate of drug-likeness (QED) is 0.248. The maximum atomic E-state index is 15.4. The fraction of sp³-hybridized carbons (Fsp3) is 0.219. The molecule has 5 aromatic rings. The molecule has 2 atom stereocenters. The smallest absolute Gasteiger partial charge is 0.265 e. The number of anilines is 1. The number of ether oxygens (including phenoxy) is 2. The topological polar surface area (TPSA) is 89.5 Å². The van der Waals surface area contributed by atoms with E-state index in [2.05, 4.69) is 15.1 Å². The van der Waals surface area contributed by atoms with Gasteiger partial charge in [-0.2, -0.15) is 5.10 Å². The Hall–Kier alpha value is -4.83. The van der Waals surface area contributed by atoms with Crippen LogP contribution >= 0.6 is 0 Å². The van der Waals surface area contributed by atoms with Crippen molar-refractivity contribution in [2.45, 2.75) is 32.5 Å². The molecule has 0 bridgehead atoms. The Balaban J connectivity index is 1.24. The van der Waals surface area contributed by atoms with Crippen molar-refractivity contribution < 1.29 is 23.0 Å². The molecule has 0 spiro atoms. The molecule has 10 heteroatoms. The molecule has 3 aromatic carbocycles. The summed E-state index contributed by atoms with van der Waals surface area (Å²) in [6, 6.07) is 16.5. The van der Waals surface area contributed by atoms with Gasteiger partial charge in [-0.05, 0) is 80.1 Å². The predicted molar refractivity (Wildman–Crippen MR) is 155 cm³/mol. The number of H-pyrrole nitrogens is 1. The standard InChI is InChI=1S/C32H28F2N4O4/c1-19-17-37(18-20(2)41-19)28-15-27-22(16-35-36-27)14-31(28)42-30-10-5-21(12-26(30)34)13-29(39)25-4-3-11-38(32(25)40)24-8-6-23(33)7-9-24/h3-12,14-16,19-20H,13,17-18H2,1-2H3,(H,35,36)/t19-,20+. The highest BCUT2D eigenvalue weighted by Gasteiger charge is 2.26. The molecule has 1 aliphatic rings. The number of pyridine rings is 1. The Morgan fingerprint density at radius 1 is 1.02 bits per heavy atom. The van der Waals surface area contributed by atoms with Crippen molar-refractivity contribution in [1.82, 2.24) is 14.8 Å². The van der Waals surface area contributed by atoms with Gasteiger partial charge < -0.3 is 14.4 Å². The molecule has 2 aromatic heterocycles. The molecule has 1 saturated heterocycles. The molecular weight excluding hydrogens is 542 g/mol. The number of rotatable bonds is 7. The van der Waals surface area contributed by atoms with Gasteiger partial charge in [0.25, 0.3) is 5.56 Å². The zero-order valence-corrected chi connectivity index (χ0v) is 23.0. The third-order valence-corrected chi connectivity index (χ3v) is 7.21.